The minimum atomic E-state index is -0.585. The van der Waals surface area contributed by atoms with Crippen molar-refractivity contribution in [3.8, 4) is 11.5 Å². The van der Waals surface area contributed by atoms with Gasteiger partial charge in [-0.2, -0.15) is 5.10 Å². The SMILES string of the molecule is CCc1nn(Cc2ccc(OC)cc2OC)c(C(=O)OC)c1CCNC(=O)OC(C)(C)C. The quantitative estimate of drug-likeness (QED) is 0.588. The number of carbonyl (C=O) groups is 2. The van der Waals surface area contributed by atoms with Crippen LogP contribution in [0.15, 0.2) is 18.2 Å². The molecule has 1 aromatic heterocycles. The molecule has 1 N–H and O–H groups in total. The molecule has 0 atom stereocenters. The van der Waals surface area contributed by atoms with Crippen LogP contribution in [0.2, 0.25) is 0 Å². The van der Waals surface area contributed by atoms with Crippen LogP contribution in [-0.2, 0) is 28.9 Å². The minimum Gasteiger partial charge on any atom is -0.497 e. The van der Waals surface area contributed by atoms with Crippen LogP contribution in [0.1, 0.15) is 55.0 Å². The van der Waals surface area contributed by atoms with Gasteiger partial charge < -0.3 is 24.3 Å². The summed E-state index contributed by atoms with van der Waals surface area (Å²) in [4.78, 5) is 24.6. The fraction of sp³-hybridized carbons (Fsp3) is 0.522. The highest BCUT2D eigenvalue weighted by Gasteiger charge is 2.24. The lowest BCUT2D eigenvalue weighted by atomic mass is 10.1. The van der Waals surface area contributed by atoms with Crippen LogP contribution in [0.5, 0.6) is 11.5 Å². The predicted molar refractivity (Wildman–Crippen MR) is 120 cm³/mol. The van der Waals surface area contributed by atoms with Crippen molar-refractivity contribution in [2.75, 3.05) is 27.9 Å². The van der Waals surface area contributed by atoms with E-state index in [-0.39, 0.29) is 0 Å². The van der Waals surface area contributed by atoms with Gasteiger partial charge in [0.15, 0.2) is 0 Å². The molecule has 9 heteroatoms. The molecule has 0 radical (unpaired) electrons. The third-order valence-electron chi connectivity index (χ3n) is 4.70. The van der Waals surface area contributed by atoms with Gasteiger partial charge in [0, 0.05) is 23.7 Å². The van der Waals surface area contributed by atoms with E-state index in [2.05, 4.69) is 10.4 Å². The highest BCUT2D eigenvalue weighted by Crippen LogP contribution is 2.27. The summed E-state index contributed by atoms with van der Waals surface area (Å²) < 4.78 is 22.7. The molecular weight excluding hydrogens is 414 g/mol. The molecule has 176 valence electrons. The molecule has 0 unspecified atom stereocenters. The van der Waals surface area contributed by atoms with Crippen molar-refractivity contribution in [3.63, 3.8) is 0 Å². The number of hydrogen-bond acceptors (Lipinski definition) is 7. The summed E-state index contributed by atoms with van der Waals surface area (Å²) in [5, 5.41) is 7.38. The van der Waals surface area contributed by atoms with E-state index in [4.69, 9.17) is 18.9 Å². The molecule has 0 bridgehead atoms. The number of ether oxygens (including phenoxy) is 4. The number of alkyl carbamates (subject to hydrolysis) is 1. The first kappa shape index (κ1) is 25.0. The second kappa shape index (κ2) is 10.9. The maximum atomic E-state index is 12.7. The third kappa shape index (κ3) is 6.38. The average molecular weight is 448 g/mol. The first-order chi connectivity index (χ1) is 15.1. The molecule has 1 amide bonds. The number of carbonyl (C=O) groups excluding carboxylic acids is 2. The van der Waals surface area contributed by atoms with E-state index < -0.39 is 17.7 Å². The van der Waals surface area contributed by atoms with Gasteiger partial charge in [0.2, 0.25) is 0 Å². The third-order valence-corrected chi connectivity index (χ3v) is 4.70. The van der Waals surface area contributed by atoms with E-state index in [9.17, 15) is 9.59 Å². The van der Waals surface area contributed by atoms with Crippen LogP contribution in [0.3, 0.4) is 0 Å². The number of amides is 1. The number of methoxy groups -OCH3 is 3. The summed E-state index contributed by atoms with van der Waals surface area (Å²) in [6.07, 6.45) is 0.524. The van der Waals surface area contributed by atoms with Crippen molar-refractivity contribution in [3.05, 3.63) is 40.7 Å². The van der Waals surface area contributed by atoms with E-state index in [0.717, 1.165) is 16.8 Å². The lowest BCUT2D eigenvalue weighted by molar-refractivity contribution is 0.0528. The Morgan fingerprint density at radius 1 is 1.12 bits per heavy atom. The number of aryl methyl sites for hydroxylation is 1. The summed E-state index contributed by atoms with van der Waals surface area (Å²) in [5.41, 5.74) is 2.11. The van der Waals surface area contributed by atoms with Crippen LogP contribution >= 0.6 is 0 Å². The molecule has 0 aliphatic carbocycles. The molecule has 0 saturated heterocycles. The van der Waals surface area contributed by atoms with Gasteiger partial charge in [0.1, 0.15) is 22.8 Å². The first-order valence-corrected chi connectivity index (χ1v) is 10.5. The van der Waals surface area contributed by atoms with Crippen molar-refractivity contribution >= 4 is 12.1 Å². The smallest absolute Gasteiger partial charge is 0.407 e. The van der Waals surface area contributed by atoms with Crippen molar-refractivity contribution in [1.82, 2.24) is 15.1 Å². The Kier molecular flexibility index (Phi) is 8.51. The van der Waals surface area contributed by atoms with E-state index >= 15 is 0 Å². The molecular formula is C23H33N3O6. The summed E-state index contributed by atoms with van der Waals surface area (Å²) in [7, 11) is 4.50. The average Bonchev–Trinajstić information content (AvgIpc) is 3.09. The Hall–Kier alpha value is -3.23. The molecule has 32 heavy (non-hydrogen) atoms. The highest BCUT2D eigenvalue weighted by molar-refractivity contribution is 5.89. The molecule has 0 aliphatic heterocycles. The second-order valence-electron chi connectivity index (χ2n) is 8.13. The largest absolute Gasteiger partial charge is 0.497 e. The second-order valence-corrected chi connectivity index (χ2v) is 8.13. The summed E-state index contributed by atoms with van der Waals surface area (Å²) >= 11 is 0. The fourth-order valence-electron chi connectivity index (χ4n) is 3.28. The Bertz CT molecular complexity index is 946. The lowest BCUT2D eigenvalue weighted by Crippen LogP contribution is -2.33. The zero-order valence-electron chi connectivity index (χ0n) is 19.9. The fourth-order valence-corrected chi connectivity index (χ4v) is 3.28. The van der Waals surface area contributed by atoms with E-state index in [1.807, 2.05) is 19.1 Å². The van der Waals surface area contributed by atoms with Gasteiger partial charge in [-0.1, -0.05) is 6.92 Å². The molecule has 0 fully saturated rings. The van der Waals surface area contributed by atoms with Crippen molar-refractivity contribution in [2.45, 2.75) is 52.7 Å². The number of hydrogen-bond donors (Lipinski definition) is 1. The molecule has 0 spiro atoms. The van der Waals surface area contributed by atoms with Gasteiger partial charge in [-0.05, 0) is 45.7 Å². The maximum Gasteiger partial charge on any atom is 0.407 e. The first-order valence-electron chi connectivity index (χ1n) is 10.5. The van der Waals surface area contributed by atoms with Crippen LogP contribution in [0.4, 0.5) is 4.79 Å². The number of nitrogens with zero attached hydrogens (tertiary/aromatic N) is 2. The number of benzene rings is 1. The summed E-state index contributed by atoms with van der Waals surface area (Å²) in [6, 6.07) is 5.48. The van der Waals surface area contributed by atoms with Gasteiger partial charge in [-0.15, -0.1) is 0 Å². The monoisotopic (exact) mass is 447 g/mol. The van der Waals surface area contributed by atoms with Crippen LogP contribution in [0.25, 0.3) is 0 Å². The molecule has 0 aliphatic rings. The normalized spacial score (nSPS) is 11.1. The van der Waals surface area contributed by atoms with Crippen molar-refractivity contribution < 1.29 is 28.5 Å². The summed E-state index contributed by atoms with van der Waals surface area (Å²) in [5.74, 6) is 0.807. The molecule has 2 rings (SSSR count). The molecule has 2 aromatic rings. The Balaban J connectivity index is 2.32. The standard InChI is InChI=1S/C23H33N3O6/c1-8-18-17(11-12-24-22(28)32-23(2,3)4)20(21(27)31-7)26(25-18)14-15-9-10-16(29-5)13-19(15)30-6/h9-10,13H,8,11-12,14H2,1-7H3,(H,24,28). The van der Waals surface area contributed by atoms with E-state index in [0.29, 0.717) is 43.1 Å². The van der Waals surface area contributed by atoms with E-state index in [1.165, 1.54) is 7.11 Å². The zero-order chi connectivity index (χ0) is 23.9. The molecule has 0 saturated carbocycles. The number of aromatic nitrogens is 2. The number of rotatable bonds is 9. The Morgan fingerprint density at radius 2 is 1.84 bits per heavy atom. The molecule has 9 nitrogen and oxygen atoms in total. The van der Waals surface area contributed by atoms with Crippen molar-refractivity contribution in [1.29, 1.82) is 0 Å². The van der Waals surface area contributed by atoms with Crippen LogP contribution < -0.4 is 14.8 Å². The van der Waals surface area contributed by atoms with Gasteiger partial charge in [0.25, 0.3) is 0 Å². The van der Waals surface area contributed by atoms with Crippen LogP contribution in [-0.4, -0.2) is 55.3 Å². The minimum absolute atomic E-state index is 0.295. The topological polar surface area (TPSA) is 101 Å². The molecule has 1 heterocycles. The number of nitrogens with one attached hydrogen (secondary N) is 1. The molecule has 1 aromatic carbocycles. The van der Waals surface area contributed by atoms with Gasteiger partial charge >= 0.3 is 12.1 Å². The highest BCUT2D eigenvalue weighted by atomic mass is 16.6. The van der Waals surface area contributed by atoms with Gasteiger partial charge in [0.05, 0.1) is 33.6 Å². The van der Waals surface area contributed by atoms with Gasteiger partial charge in [-0.25, -0.2) is 9.59 Å². The van der Waals surface area contributed by atoms with Crippen molar-refractivity contribution in [2.24, 2.45) is 0 Å². The Morgan fingerprint density at radius 3 is 2.41 bits per heavy atom. The lowest BCUT2D eigenvalue weighted by Gasteiger charge is -2.19. The van der Waals surface area contributed by atoms with E-state index in [1.54, 1.807) is 45.7 Å². The summed E-state index contributed by atoms with van der Waals surface area (Å²) in [6.45, 7) is 7.97. The maximum absolute atomic E-state index is 12.7. The number of esters is 1. The predicted octanol–water partition coefficient (Wildman–Crippen LogP) is 3.36. The van der Waals surface area contributed by atoms with Crippen LogP contribution in [0, 0.1) is 0 Å². The Labute approximate surface area is 189 Å². The zero-order valence-corrected chi connectivity index (χ0v) is 19.9. The van der Waals surface area contributed by atoms with Gasteiger partial charge in [-0.3, -0.25) is 4.68 Å².